The first-order chi connectivity index (χ1) is 10.9. The SMILES string of the molecule is CCCCCCOC(C(=O)OC(C)c1ccccc1)C(F)(F)F. The van der Waals surface area contributed by atoms with E-state index in [-0.39, 0.29) is 6.61 Å². The lowest BCUT2D eigenvalue weighted by atomic mass is 10.1. The minimum absolute atomic E-state index is 0.112. The molecule has 1 aromatic carbocycles. The minimum Gasteiger partial charge on any atom is -0.456 e. The maximum absolute atomic E-state index is 13.0. The monoisotopic (exact) mass is 332 g/mol. The van der Waals surface area contributed by atoms with Crippen molar-refractivity contribution in [3.8, 4) is 0 Å². The number of hydrogen-bond acceptors (Lipinski definition) is 3. The number of rotatable bonds is 9. The number of carbonyl (C=O) groups is 1. The summed E-state index contributed by atoms with van der Waals surface area (Å²) in [4.78, 5) is 11.8. The summed E-state index contributed by atoms with van der Waals surface area (Å²) < 4.78 is 48.6. The third-order valence-corrected chi connectivity index (χ3v) is 3.36. The number of alkyl halides is 3. The van der Waals surface area contributed by atoms with E-state index < -0.39 is 24.4 Å². The summed E-state index contributed by atoms with van der Waals surface area (Å²) in [7, 11) is 0. The Morgan fingerprint density at radius 2 is 1.78 bits per heavy atom. The summed E-state index contributed by atoms with van der Waals surface area (Å²) in [6, 6.07) is 8.60. The molecule has 0 saturated carbocycles. The summed E-state index contributed by atoms with van der Waals surface area (Å²) in [5, 5.41) is 0. The van der Waals surface area contributed by atoms with Crippen LogP contribution >= 0.6 is 0 Å². The fourth-order valence-corrected chi connectivity index (χ4v) is 2.05. The van der Waals surface area contributed by atoms with E-state index >= 15 is 0 Å². The van der Waals surface area contributed by atoms with Gasteiger partial charge in [-0.2, -0.15) is 13.2 Å². The van der Waals surface area contributed by atoms with Crippen LogP contribution in [0.25, 0.3) is 0 Å². The largest absolute Gasteiger partial charge is 0.456 e. The van der Waals surface area contributed by atoms with Gasteiger partial charge in [0.15, 0.2) is 0 Å². The van der Waals surface area contributed by atoms with Crippen LogP contribution in [0.3, 0.4) is 0 Å². The van der Waals surface area contributed by atoms with Crippen molar-refractivity contribution in [3.63, 3.8) is 0 Å². The van der Waals surface area contributed by atoms with E-state index in [1.807, 2.05) is 6.92 Å². The minimum atomic E-state index is -4.78. The average Bonchev–Trinajstić information content (AvgIpc) is 2.50. The Morgan fingerprint density at radius 3 is 2.35 bits per heavy atom. The van der Waals surface area contributed by atoms with Gasteiger partial charge in [0.05, 0.1) is 0 Å². The Bertz CT molecular complexity index is 460. The highest BCUT2D eigenvalue weighted by molar-refractivity contribution is 5.76. The van der Waals surface area contributed by atoms with Gasteiger partial charge in [-0.1, -0.05) is 56.5 Å². The van der Waals surface area contributed by atoms with Crippen LogP contribution in [0.1, 0.15) is 51.2 Å². The lowest BCUT2D eigenvalue weighted by Gasteiger charge is -2.22. The highest BCUT2D eigenvalue weighted by Crippen LogP contribution is 2.27. The molecule has 130 valence electrons. The van der Waals surface area contributed by atoms with Crippen molar-refractivity contribution in [1.29, 1.82) is 0 Å². The van der Waals surface area contributed by atoms with Crippen LogP contribution in [0.2, 0.25) is 0 Å². The van der Waals surface area contributed by atoms with Crippen LogP contribution < -0.4 is 0 Å². The van der Waals surface area contributed by atoms with Gasteiger partial charge in [0.2, 0.25) is 0 Å². The first-order valence-corrected chi connectivity index (χ1v) is 7.80. The van der Waals surface area contributed by atoms with Crippen LogP contribution in [-0.4, -0.2) is 24.9 Å². The Labute approximate surface area is 134 Å². The fourth-order valence-electron chi connectivity index (χ4n) is 2.05. The molecule has 3 nitrogen and oxygen atoms in total. The zero-order chi connectivity index (χ0) is 17.3. The highest BCUT2D eigenvalue weighted by atomic mass is 19.4. The lowest BCUT2D eigenvalue weighted by Crippen LogP contribution is -2.40. The molecule has 0 radical (unpaired) electrons. The molecule has 0 heterocycles. The molecular weight excluding hydrogens is 309 g/mol. The molecule has 0 aliphatic carbocycles. The average molecular weight is 332 g/mol. The van der Waals surface area contributed by atoms with Gasteiger partial charge in [-0.25, -0.2) is 4.79 Å². The van der Waals surface area contributed by atoms with E-state index in [0.717, 1.165) is 19.3 Å². The summed E-state index contributed by atoms with van der Waals surface area (Å²) in [6.45, 7) is 3.42. The molecule has 2 atom stereocenters. The molecule has 23 heavy (non-hydrogen) atoms. The van der Waals surface area contributed by atoms with Crippen molar-refractivity contribution in [1.82, 2.24) is 0 Å². The summed E-state index contributed by atoms with van der Waals surface area (Å²) in [5.41, 5.74) is 0.629. The lowest BCUT2D eigenvalue weighted by molar-refractivity contribution is -0.232. The predicted molar refractivity (Wildman–Crippen MR) is 80.9 cm³/mol. The Hall–Kier alpha value is -1.56. The molecule has 1 rings (SSSR count). The smallest absolute Gasteiger partial charge is 0.425 e. The van der Waals surface area contributed by atoms with Crippen LogP contribution in [0, 0.1) is 0 Å². The van der Waals surface area contributed by atoms with Crippen LogP contribution in [0.4, 0.5) is 13.2 Å². The molecule has 0 spiro atoms. The molecule has 6 heteroatoms. The van der Waals surface area contributed by atoms with Gasteiger partial charge in [-0.15, -0.1) is 0 Å². The molecule has 0 amide bonds. The number of halogens is 3. The summed E-state index contributed by atoms with van der Waals surface area (Å²) in [5.74, 6) is -1.40. The van der Waals surface area contributed by atoms with Crippen molar-refractivity contribution >= 4 is 5.97 Å². The van der Waals surface area contributed by atoms with E-state index in [1.54, 1.807) is 30.3 Å². The maximum atomic E-state index is 13.0. The van der Waals surface area contributed by atoms with E-state index in [0.29, 0.717) is 12.0 Å². The third-order valence-electron chi connectivity index (χ3n) is 3.36. The third kappa shape index (κ3) is 7.03. The maximum Gasteiger partial charge on any atom is 0.425 e. The summed E-state index contributed by atoms with van der Waals surface area (Å²) >= 11 is 0. The number of ether oxygens (including phenoxy) is 2. The van der Waals surface area contributed by atoms with Crippen molar-refractivity contribution in [3.05, 3.63) is 35.9 Å². The van der Waals surface area contributed by atoms with E-state index in [2.05, 4.69) is 0 Å². The first-order valence-electron chi connectivity index (χ1n) is 7.80. The molecule has 1 aromatic rings. The molecule has 2 unspecified atom stereocenters. The number of unbranched alkanes of at least 4 members (excludes halogenated alkanes) is 3. The van der Waals surface area contributed by atoms with Crippen molar-refractivity contribution in [2.24, 2.45) is 0 Å². The van der Waals surface area contributed by atoms with Crippen LogP contribution in [0.15, 0.2) is 30.3 Å². The second-order valence-corrected chi connectivity index (χ2v) is 5.34. The van der Waals surface area contributed by atoms with Crippen molar-refractivity contribution in [2.75, 3.05) is 6.61 Å². The Morgan fingerprint density at radius 1 is 1.13 bits per heavy atom. The second kappa shape index (κ2) is 9.55. The van der Waals surface area contributed by atoms with E-state index in [9.17, 15) is 18.0 Å². The predicted octanol–water partition coefficient (Wildman–Crippen LogP) is 4.82. The summed E-state index contributed by atoms with van der Waals surface area (Å²) in [6.07, 6.45) is -4.92. The normalized spacial score (nSPS) is 14.3. The van der Waals surface area contributed by atoms with Gasteiger partial charge in [0.1, 0.15) is 6.10 Å². The number of esters is 1. The number of carbonyl (C=O) groups excluding carboxylic acids is 1. The molecule has 0 aromatic heterocycles. The zero-order valence-corrected chi connectivity index (χ0v) is 13.4. The van der Waals surface area contributed by atoms with E-state index in [1.165, 1.54) is 6.92 Å². The first kappa shape index (κ1) is 19.5. The van der Waals surface area contributed by atoms with Gasteiger partial charge >= 0.3 is 12.1 Å². The van der Waals surface area contributed by atoms with Crippen LogP contribution in [0.5, 0.6) is 0 Å². The molecule has 0 fully saturated rings. The molecule has 0 aliphatic heterocycles. The van der Waals surface area contributed by atoms with Crippen molar-refractivity contribution in [2.45, 2.75) is 57.9 Å². The molecule has 0 N–H and O–H groups in total. The quantitative estimate of drug-likeness (QED) is 0.480. The number of hydrogen-bond donors (Lipinski definition) is 0. The highest BCUT2D eigenvalue weighted by Gasteiger charge is 2.47. The van der Waals surface area contributed by atoms with Crippen LogP contribution in [-0.2, 0) is 14.3 Å². The number of benzene rings is 1. The standard InChI is InChI=1S/C17H23F3O3/c1-3-4-5-9-12-22-15(17(18,19)20)16(21)23-13(2)14-10-7-6-8-11-14/h6-8,10-11,13,15H,3-5,9,12H2,1-2H3. The van der Waals surface area contributed by atoms with Gasteiger partial charge < -0.3 is 9.47 Å². The second-order valence-electron chi connectivity index (χ2n) is 5.34. The zero-order valence-electron chi connectivity index (χ0n) is 13.4. The van der Waals surface area contributed by atoms with E-state index in [4.69, 9.17) is 9.47 Å². The van der Waals surface area contributed by atoms with Gasteiger partial charge in [0, 0.05) is 6.61 Å². The van der Waals surface area contributed by atoms with Gasteiger partial charge in [-0.3, -0.25) is 0 Å². The fraction of sp³-hybridized carbons (Fsp3) is 0.588. The Balaban J connectivity index is 2.58. The topological polar surface area (TPSA) is 35.5 Å². The Kier molecular flexibility index (Phi) is 8.09. The molecule has 0 aliphatic rings. The molecular formula is C17H23F3O3. The molecule has 0 bridgehead atoms. The van der Waals surface area contributed by atoms with Gasteiger partial charge in [-0.05, 0) is 18.9 Å². The van der Waals surface area contributed by atoms with Crippen molar-refractivity contribution < 1.29 is 27.4 Å². The molecule has 0 saturated heterocycles. The van der Waals surface area contributed by atoms with Gasteiger partial charge in [0.25, 0.3) is 6.10 Å².